The summed E-state index contributed by atoms with van der Waals surface area (Å²) in [6, 6.07) is 0. The Morgan fingerprint density at radius 3 is 2.86 bits per heavy atom. The van der Waals surface area contributed by atoms with Gasteiger partial charge in [0.1, 0.15) is 0 Å². The van der Waals surface area contributed by atoms with Gasteiger partial charge in [-0.1, -0.05) is 0 Å². The summed E-state index contributed by atoms with van der Waals surface area (Å²) in [6.45, 7) is 0.360. The van der Waals surface area contributed by atoms with Gasteiger partial charge in [0.25, 0.3) is 0 Å². The van der Waals surface area contributed by atoms with Gasteiger partial charge < -0.3 is 0 Å². The lowest BCUT2D eigenvalue weighted by Gasteiger charge is -1.96. The van der Waals surface area contributed by atoms with Gasteiger partial charge in [0, 0.05) is 7.05 Å². The average Bonchev–Trinajstić information content (AvgIpc) is 1.69. The second-order valence-electron chi connectivity index (χ2n) is 0.820. The molecule has 0 aromatic heterocycles. The predicted molar refractivity (Wildman–Crippen MR) is 24.6 cm³/mol. The molecular weight excluding hydrogens is 94.1 g/mol. The molecule has 0 aromatic rings. The monoisotopic (exact) mass is 101 g/mol. The first-order valence-electron chi connectivity index (χ1n) is 1.77. The zero-order valence-corrected chi connectivity index (χ0v) is 3.77. The summed E-state index contributed by atoms with van der Waals surface area (Å²) in [6.07, 6.45) is 0.525. The van der Waals surface area contributed by atoms with Crippen molar-refractivity contribution in [3.63, 3.8) is 0 Å². The van der Waals surface area contributed by atoms with Crippen molar-refractivity contribution >= 4 is 6.41 Å². The van der Waals surface area contributed by atoms with Crippen LogP contribution in [0.2, 0.25) is 0 Å². The van der Waals surface area contributed by atoms with Crippen LogP contribution in [0.25, 0.3) is 0 Å². The second kappa shape index (κ2) is 5.39. The van der Waals surface area contributed by atoms with Gasteiger partial charge in [-0.2, -0.15) is 0 Å². The first kappa shape index (κ1) is 6.39. The Morgan fingerprint density at radius 1 is 1.71 bits per heavy atom. The van der Waals surface area contributed by atoms with E-state index in [1.54, 1.807) is 0 Å². The Hall–Kier alpha value is -0.610. The van der Waals surface area contributed by atoms with E-state index in [0.717, 1.165) is 0 Å². The Bertz CT molecular complexity index is 47.4. The van der Waals surface area contributed by atoms with E-state index in [9.17, 15) is 4.79 Å². The van der Waals surface area contributed by atoms with Gasteiger partial charge in [0.2, 0.25) is 6.41 Å². The van der Waals surface area contributed by atoms with Gasteiger partial charge in [0.15, 0.2) is 0 Å². The number of nitrogens with one attached hydrogen (secondary N) is 3. The van der Waals surface area contributed by atoms with E-state index in [2.05, 4.69) is 16.2 Å². The number of hydrogen-bond acceptors (Lipinski definition) is 3. The summed E-state index contributed by atoms with van der Waals surface area (Å²) in [5, 5.41) is 2.27. The molecule has 2 radical (unpaired) electrons. The van der Waals surface area contributed by atoms with Crippen molar-refractivity contribution in [1.82, 2.24) is 16.2 Å². The van der Waals surface area contributed by atoms with Gasteiger partial charge in [-0.15, -0.1) is 0 Å². The number of rotatable bonds is 4. The Kier molecular flexibility index (Phi) is 4.92. The Labute approximate surface area is 42.3 Å². The number of carbonyl (C=O) groups is 1. The third kappa shape index (κ3) is 5.39. The molecule has 0 saturated carbocycles. The molecule has 4 nitrogen and oxygen atoms in total. The highest BCUT2D eigenvalue weighted by molar-refractivity contribution is 5.44. The normalized spacial score (nSPS) is 8.14. The fraction of sp³-hybridized carbons (Fsp3) is 0.333. The summed E-state index contributed by atoms with van der Waals surface area (Å²) in [4.78, 5) is 9.44. The molecule has 0 rings (SSSR count). The molecule has 40 valence electrons. The molecule has 0 atom stereocenters. The lowest BCUT2D eigenvalue weighted by atomic mass is 11.1. The third-order valence-electron chi connectivity index (χ3n) is 0.351. The van der Waals surface area contributed by atoms with Crippen molar-refractivity contribution in [1.29, 1.82) is 0 Å². The number of amides is 1. The summed E-state index contributed by atoms with van der Waals surface area (Å²) in [5.41, 5.74) is 4.61. The van der Waals surface area contributed by atoms with Crippen LogP contribution >= 0.6 is 0 Å². The van der Waals surface area contributed by atoms with Crippen molar-refractivity contribution in [3.8, 4) is 0 Å². The molecule has 4 heteroatoms. The molecular formula is C3H7N3O. The van der Waals surface area contributed by atoms with Crippen LogP contribution in [-0.2, 0) is 4.79 Å². The standard InChI is InChI=1S/C3H7N3O/c1-4-2-5-6-3-7/h1,3-5H,2H2,(H,6,7). The van der Waals surface area contributed by atoms with Crippen LogP contribution in [-0.4, -0.2) is 13.1 Å². The minimum Gasteiger partial charge on any atom is -0.297 e. The Balaban J connectivity index is 2.56. The first-order chi connectivity index (χ1) is 3.41. The molecule has 0 aliphatic heterocycles. The van der Waals surface area contributed by atoms with Gasteiger partial charge in [-0.25, -0.2) is 5.43 Å². The van der Waals surface area contributed by atoms with Gasteiger partial charge in [-0.05, 0) is 0 Å². The molecule has 0 fully saturated rings. The quantitative estimate of drug-likeness (QED) is 0.132. The maximum Gasteiger partial charge on any atom is 0.221 e. The maximum atomic E-state index is 9.44. The minimum atomic E-state index is 0.360. The smallest absolute Gasteiger partial charge is 0.221 e. The summed E-state index contributed by atoms with van der Waals surface area (Å²) in [7, 11) is 4.80. The molecule has 0 bridgehead atoms. The molecule has 7 heavy (non-hydrogen) atoms. The number of carbonyl (C=O) groups excluding carboxylic acids is 1. The fourth-order valence-corrected chi connectivity index (χ4v) is 0.144. The topological polar surface area (TPSA) is 53.2 Å². The van der Waals surface area contributed by atoms with Crippen LogP contribution in [0, 0.1) is 7.05 Å². The van der Waals surface area contributed by atoms with E-state index < -0.39 is 0 Å². The van der Waals surface area contributed by atoms with E-state index in [4.69, 9.17) is 7.05 Å². The van der Waals surface area contributed by atoms with Crippen molar-refractivity contribution in [3.05, 3.63) is 7.05 Å². The van der Waals surface area contributed by atoms with Crippen molar-refractivity contribution in [2.24, 2.45) is 0 Å². The maximum absolute atomic E-state index is 9.44. The molecule has 0 saturated heterocycles. The van der Waals surface area contributed by atoms with Crippen LogP contribution in [0.3, 0.4) is 0 Å². The third-order valence-corrected chi connectivity index (χ3v) is 0.351. The van der Waals surface area contributed by atoms with Crippen LogP contribution < -0.4 is 16.2 Å². The predicted octanol–water partition coefficient (Wildman–Crippen LogP) is -1.55. The van der Waals surface area contributed by atoms with Crippen LogP contribution in [0.4, 0.5) is 0 Å². The lowest BCUT2D eigenvalue weighted by Crippen LogP contribution is -2.36. The minimum absolute atomic E-state index is 0.360. The van der Waals surface area contributed by atoms with E-state index in [1.165, 1.54) is 0 Å². The molecule has 0 aromatic carbocycles. The number of hydrazine groups is 1. The van der Waals surface area contributed by atoms with E-state index in [-0.39, 0.29) is 0 Å². The summed E-state index contributed by atoms with van der Waals surface area (Å²) >= 11 is 0. The highest BCUT2D eigenvalue weighted by Gasteiger charge is 1.71. The van der Waals surface area contributed by atoms with Crippen molar-refractivity contribution < 1.29 is 4.79 Å². The van der Waals surface area contributed by atoms with Crippen LogP contribution in [0.1, 0.15) is 0 Å². The van der Waals surface area contributed by atoms with Gasteiger partial charge in [0.05, 0.1) is 6.67 Å². The number of hydrogen-bond donors (Lipinski definition) is 3. The average molecular weight is 101 g/mol. The highest BCUT2D eigenvalue weighted by atomic mass is 16.1. The molecule has 0 heterocycles. The van der Waals surface area contributed by atoms with Crippen molar-refractivity contribution in [2.45, 2.75) is 0 Å². The SMILES string of the molecule is [CH]NCNNC=O. The molecule has 0 unspecified atom stereocenters. The second-order valence-corrected chi connectivity index (χ2v) is 0.820. The highest BCUT2D eigenvalue weighted by Crippen LogP contribution is 1.36. The molecule has 3 N–H and O–H groups in total. The van der Waals surface area contributed by atoms with Gasteiger partial charge >= 0.3 is 0 Å². The summed E-state index contributed by atoms with van der Waals surface area (Å²) in [5.74, 6) is 0. The lowest BCUT2D eigenvalue weighted by molar-refractivity contribution is -0.110. The van der Waals surface area contributed by atoms with Gasteiger partial charge in [-0.3, -0.25) is 15.5 Å². The zero-order valence-electron chi connectivity index (χ0n) is 3.77. The van der Waals surface area contributed by atoms with E-state index >= 15 is 0 Å². The Morgan fingerprint density at radius 2 is 2.43 bits per heavy atom. The summed E-state index contributed by atoms with van der Waals surface area (Å²) < 4.78 is 0. The van der Waals surface area contributed by atoms with Crippen LogP contribution in [0.5, 0.6) is 0 Å². The first-order valence-corrected chi connectivity index (χ1v) is 1.77. The molecule has 1 amide bonds. The zero-order chi connectivity index (χ0) is 5.54. The van der Waals surface area contributed by atoms with E-state index in [0.29, 0.717) is 13.1 Å². The fourth-order valence-electron chi connectivity index (χ4n) is 0.144. The molecule has 0 spiro atoms. The molecule has 0 aliphatic carbocycles. The molecule has 0 aliphatic rings. The largest absolute Gasteiger partial charge is 0.297 e. The van der Waals surface area contributed by atoms with Crippen molar-refractivity contribution in [2.75, 3.05) is 6.67 Å². The van der Waals surface area contributed by atoms with Crippen LogP contribution in [0.15, 0.2) is 0 Å². The van der Waals surface area contributed by atoms with E-state index in [1.807, 2.05) is 0 Å².